The van der Waals surface area contributed by atoms with Crippen LogP contribution in [0.15, 0.2) is 30.3 Å². The Labute approximate surface area is 118 Å². The third kappa shape index (κ3) is 2.89. The standard InChI is InChI=1S/C15H20O5/c1-4-14(18,11(3)16)15(19,5-2)20-13(17)12-9-7-6-8-10-12/h6-10,18-19H,4-5H2,1-3H3/t14-,15-/m1/s1. The van der Waals surface area contributed by atoms with Gasteiger partial charge in [-0.2, -0.15) is 0 Å². The minimum Gasteiger partial charge on any atom is -0.426 e. The Morgan fingerprint density at radius 2 is 1.65 bits per heavy atom. The Morgan fingerprint density at radius 1 is 1.10 bits per heavy atom. The molecule has 0 aliphatic heterocycles. The molecule has 0 fully saturated rings. The highest BCUT2D eigenvalue weighted by molar-refractivity contribution is 5.91. The van der Waals surface area contributed by atoms with Gasteiger partial charge in [-0.3, -0.25) is 4.79 Å². The summed E-state index contributed by atoms with van der Waals surface area (Å²) in [6.45, 7) is 4.22. The first-order valence-electron chi connectivity index (χ1n) is 6.55. The van der Waals surface area contributed by atoms with E-state index in [0.29, 0.717) is 0 Å². The molecule has 0 radical (unpaired) electrons. The molecule has 110 valence electrons. The van der Waals surface area contributed by atoms with Gasteiger partial charge in [0.1, 0.15) is 0 Å². The Balaban J connectivity index is 3.07. The highest BCUT2D eigenvalue weighted by atomic mass is 16.7. The molecule has 5 nitrogen and oxygen atoms in total. The SMILES string of the molecule is CC[C@@](O)(OC(=O)c1ccccc1)[C@@](O)(CC)C(C)=O. The minimum atomic E-state index is -2.25. The maximum absolute atomic E-state index is 12.0. The number of Topliss-reactive ketones (excluding diaryl/α,β-unsaturated/α-hetero) is 1. The van der Waals surface area contributed by atoms with E-state index in [0.717, 1.165) is 6.92 Å². The molecule has 0 amide bonds. The monoisotopic (exact) mass is 280 g/mol. The fourth-order valence-electron chi connectivity index (χ4n) is 2.04. The summed E-state index contributed by atoms with van der Waals surface area (Å²) in [5, 5.41) is 20.8. The number of aliphatic hydroxyl groups is 2. The van der Waals surface area contributed by atoms with Gasteiger partial charge in [-0.15, -0.1) is 0 Å². The maximum Gasteiger partial charge on any atom is 0.340 e. The first kappa shape index (κ1) is 16.3. The van der Waals surface area contributed by atoms with Crippen LogP contribution in [0.3, 0.4) is 0 Å². The van der Waals surface area contributed by atoms with Crippen LogP contribution < -0.4 is 0 Å². The Bertz CT molecular complexity index is 484. The van der Waals surface area contributed by atoms with E-state index in [2.05, 4.69) is 0 Å². The molecule has 0 saturated carbocycles. The largest absolute Gasteiger partial charge is 0.426 e. The van der Waals surface area contributed by atoms with Crippen LogP contribution in [-0.2, 0) is 9.53 Å². The van der Waals surface area contributed by atoms with Gasteiger partial charge < -0.3 is 14.9 Å². The van der Waals surface area contributed by atoms with Gasteiger partial charge >= 0.3 is 5.97 Å². The van der Waals surface area contributed by atoms with Crippen LogP contribution >= 0.6 is 0 Å². The zero-order valence-electron chi connectivity index (χ0n) is 11.9. The molecular formula is C15H20O5. The molecule has 5 heteroatoms. The second-order valence-electron chi connectivity index (χ2n) is 4.66. The summed E-state index contributed by atoms with van der Waals surface area (Å²) in [4.78, 5) is 23.6. The second kappa shape index (κ2) is 6.15. The lowest BCUT2D eigenvalue weighted by Crippen LogP contribution is -2.60. The average Bonchev–Trinajstić information content (AvgIpc) is 2.46. The topological polar surface area (TPSA) is 83.8 Å². The van der Waals surface area contributed by atoms with E-state index in [1.807, 2.05) is 0 Å². The molecule has 2 atom stereocenters. The quantitative estimate of drug-likeness (QED) is 0.611. The van der Waals surface area contributed by atoms with E-state index >= 15 is 0 Å². The number of esters is 1. The normalized spacial score (nSPS) is 16.9. The maximum atomic E-state index is 12.0. The van der Waals surface area contributed by atoms with Crippen molar-refractivity contribution in [2.24, 2.45) is 0 Å². The van der Waals surface area contributed by atoms with Gasteiger partial charge in [0.2, 0.25) is 5.79 Å². The first-order chi connectivity index (χ1) is 9.30. The number of ether oxygens (including phenoxy) is 1. The predicted octanol–water partition coefficient (Wildman–Crippen LogP) is 1.67. The van der Waals surface area contributed by atoms with Gasteiger partial charge in [0, 0.05) is 6.42 Å². The summed E-state index contributed by atoms with van der Waals surface area (Å²) in [6.07, 6.45) is -0.162. The number of hydrogen-bond donors (Lipinski definition) is 2. The molecule has 0 heterocycles. The van der Waals surface area contributed by atoms with Crippen molar-refractivity contribution in [2.75, 3.05) is 0 Å². The fraction of sp³-hybridized carbons (Fsp3) is 0.467. The molecule has 0 aliphatic rings. The predicted molar refractivity (Wildman–Crippen MR) is 73.0 cm³/mol. The van der Waals surface area contributed by atoms with Gasteiger partial charge in [0.05, 0.1) is 5.56 Å². The summed E-state index contributed by atoms with van der Waals surface area (Å²) in [6, 6.07) is 8.09. The fourth-order valence-corrected chi connectivity index (χ4v) is 2.04. The van der Waals surface area contributed by atoms with Crippen molar-refractivity contribution >= 4 is 11.8 Å². The lowest BCUT2D eigenvalue weighted by atomic mass is 9.84. The molecule has 1 aromatic rings. The highest BCUT2D eigenvalue weighted by Crippen LogP contribution is 2.32. The van der Waals surface area contributed by atoms with Crippen molar-refractivity contribution in [3.8, 4) is 0 Å². The van der Waals surface area contributed by atoms with E-state index in [1.54, 1.807) is 25.1 Å². The van der Waals surface area contributed by atoms with Crippen molar-refractivity contribution in [1.82, 2.24) is 0 Å². The second-order valence-corrected chi connectivity index (χ2v) is 4.66. The first-order valence-corrected chi connectivity index (χ1v) is 6.55. The van der Waals surface area contributed by atoms with Crippen LogP contribution in [0.1, 0.15) is 44.0 Å². The molecule has 1 rings (SSSR count). The summed E-state index contributed by atoms with van der Waals surface area (Å²) >= 11 is 0. The van der Waals surface area contributed by atoms with Crippen molar-refractivity contribution in [3.05, 3.63) is 35.9 Å². The number of carbonyl (C=O) groups excluding carboxylic acids is 2. The lowest BCUT2D eigenvalue weighted by Gasteiger charge is -2.39. The van der Waals surface area contributed by atoms with E-state index in [1.165, 1.54) is 19.1 Å². The molecule has 1 aromatic carbocycles. The number of benzene rings is 1. The molecule has 2 N–H and O–H groups in total. The third-order valence-electron chi connectivity index (χ3n) is 3.49. The molecule has 0 spiro atoms. The number of carbonyl (C=O) groups is 2. The summed E-state index contributed by atoms with van der Waals surface area (Å²) in [5.74, 6) is -3.69. The Hall–Kier alpha value is -1.72. The zero-order chi connectivity index (χ0) is 15.4. The number of rotatable bonds is 6. The Kier molecular flexibility index (Phi) is 5.03. The van der Waals surface area contributed by atoms with E-state index in [-0.39, 0.29) is 18.4 Å². The third-order valence-corrected chi connectivity index (χ3v) is 3.49. The van der Waals surface area contributed by atoms with E-state index in [4.69, 9.17) is 4.74 Å². The molecule has 0 bridgehead atoms. The number of ketones is 1. The van der Waals surface area contributed by atoms with Crippen molar-refractivity contribution < 1.29 is 24.5 Å². The van der Waals surface area contributed by atoms with Crippen LogP contribution in [0.5, 0.6) is 0 Å². The van der Waals surface area contributed by atoms with Crippen LogP contribution in [0, 0.1) is 0 Å². The highest BCUT2D eigenvalue weighted by Gasteiger charge is 2.54. The summed E-state index contributed by atoms with van der Waals surface area (Å²) < 4.78 is 5.04. The van der Waals surface area contributed by atoms with Crippen LogP contribution in [0.25, 0.3) is 0 Å². The van der Waals surface area contributed by atoms with Crippen molar-refractivity contribution in [2.45, 2.75) is 45.0 Å². The average molecular weight is 280 g/mol. The Morgan fingerprint density at radius 3 is 2.05 bits per heavy atom. The van der Waals surface area contributed by atoms with Crippen molar-refractivity contribution in [1.29, 1.82) is 0 Å². The van der Waals surface area contributed by atoms with Crippen LogP contribution in [-0.4, -0.2) is 33.4 Å². The smallest absolute Gasteiger partial charge is 0.340 e. The van der Waals surface area contributed by atoms with E-state index < -0.39 is 23.1 Å². The molecular weight excluding hydrogens is 260 g/mol. The molecule has 0 unspecified atom stereocenters. The van der Waals surface area contributed by atoms with E-state index in [9.17, 15) is 19.8 Å². The minimum absolute atomic E-state index is 0.0608. The van der Waals surface area contributed by atoms with Gasteiger partial charge in [0.15, 0.2) is 11.4 Å². The lowest BCUT2D eigenvalue weighted by molar-refractivity contribution is -0.264. The van der Waals surface area contributed by atoms with Crippen LogP contribution in [0.2, 0.25) is 0 Å². The summed E-state index contributed by atoms with van der Waals surface area (Å²) in [7, 11) is 0. The molecule has 20 heavy (non-hydrogen) atoms. The zero-order valence-corrected chi connectivity index (χ0v) is 11.9. The summed E-state index contributed by atoms with van der Waals surface area (Å²) in [5.41, 5.74) is -1.88. The van der Waals surface area contributed by atoms with Crippen LogP contribution in [0.4, 0.5) is 0 Å². The van der Waals surface area contributed by atoms with Gasteiger partial charge in [0.25, 0.3) is 0 Å². The van der Waals surface area contributed by atoms with Gasteiger partial charge in [-0.05, 0) is 25.5 Å². The molecule has 0 saturated heterocycles. The van der Waals surface area contributed by atoms with Gasteiger partial charge in [-0.25, -0.2) is 4.79 Å². The molecule has 0 aromatic heterocycles. The van der Waals surface area contributed by atoms with Gasteiger partial charge in [-0.1, -0.05) is 32.0 Å². The van der Waals surface area contributed by atoms with Crippen molar-refractivity contribution in [3.63, 3.8) is 0 Å². The molecule has 0 aliphatic carbocycles. The number of hydrogen-bond acceptors (Lipinski definition) is 5.